The quantitative estimate of drug-likeness (QED) is 0.739. The van der Waals surface area contributed by atoms with Crippen molar-refractivity contribution in [2.75, 3.05) is 20.3 Å². The van der Waals surface area contributed by atoms with Crippen molar-refractivity contribution < 1.29 is 19.0 Å². The topological polar surface area (TPSA) is 56.8 Å². The highest BCUT2D eigenvalue weighted by atomic mass is 16.5. The van der Waals surface area contributed by atoms with E-state index in [9.17, 15) is 4.79 Å². The molecule has 1 amide bonds. The van der Waals surface area contributed by atoms with Crippen LogP contribution in [0.25, 0.3) is 0 Å². The number of para-hydroxylation sites is 1. The summed E-state index contributed by atoms with van der Waals surface area (Å²) in [4.78, 5) is 12.4. The van der Waals surface area contributed by atoms with E-state index in [1.807, 2.05) is 63.2 Å². The van der Waals surface area contributed by atoms with E-state index in [0.717, 1.165) is 16.9 Å². The molecule has 26 heavy (non-hydrogen) atoms. The Morgan fingerprint density at radius 3 is 2.38 bits per heavy atom. The Hall–Kier alpha value is -2.69. The van der Waals surface area contributed by atoms with E-state index in [0.29, 0.717) is 24.7 Å². The molecular weight excluding hydrogens is 330 g/mol. The van der Waals surface area contributed by atoms with Crippen molar-refractivity contribution in [1.82, 2.24) is 5.32 Å². The number of carbonyl (C=O) groups is 1. The summed E-state index contributed by atoms with van der Waals surface area (Å²) < 4.78 is 16.5. The first kappa shape index (κ1) is 19.6. The molecule has 2 rings (SSSR count). The summed E-state index contributed by atoms with van der Waals surface area (Å²) >= 11 is 0. The standard InChI is InChI=1S/C21H27NO4/c1-5-25-19-12-11-16(13-20(19)26-6-2)15(3)22-21(23)14-17-9-7-8-10-18(17)24-4/h7-13,15H,5-6,14H2,1-4H3,(H,22,23)/t15-/m0/s1. The normalized spacial score (nSPS) is 11.5. The summed E-state index contributed by atoms with van der Waals surface area (Å²) in [7, 11) is 1.61. The molecule has 0 unspecified atom stereocenters. The lowest BCUT2D eigenvalue weighted by Crippen LogP contribution is -2.28. The van der Waals surface area contributed by atoms with Gasteiger partial charge in [-0.05, 0) is 44.5 Å². The van der Waals surface area contributed by atoms with Gasteiger partial charge in [0.05, 0.1) is 32.8 Å². The van der Waals surface area contributed by atoms with Crippen LogP contribution in [0.3, 0.4) is 0 Å². The summed E-state index contributed by atoms with van der Waals surface area (Å²) in [5.74, 6) is 2.06. The minimum atomic E-state index is -0.146. The van der Waals surface area contributed by atoms with Crippen LogP contribution in [0.5, 0.6) is 17.2 Å². The van der Waals surface area contributed by atoms with Crippen LogP contribution in [0, 0.1) is 0 Å². The largest absolute Gasteiger partial charge is 0.496 e. The van der Waals surface area contributed by atoms with Crippen molar-refractivity contribution in [2.45, 2.75) is 33.2 Å². The van der Waals surface area contributed by atoms with Gasteiger partial charge in [0.2, 0.25) is 5.91 Å². The molecule has 1 atom stereocenters. The van der Waals surface area contributed by atoms with Crippen molar-refractivity contribution in [3.05, 3.63) is 53.6 Å². The second kappa shape index (κ2) is 9.70. The third kappa shape index (κ3) is 5.15. The molecule has 2 aromatic rings. The fourth-order valence-corrected chi connectivity index (χ4v) is 2.73. The Kier molecular flexibility index (Phi) is 7.33. The molecule has 0 aliphatic rings. The van der Waals surface area contributed by atoms with Gasteiger partial charge in [-0.25, -0.2) is 0 Å². The maximum absolute atomic E-state index is 12.4. The van der Waals surface area contributed by atoms with Gasteiger partial charge in [0, 0.05) is 5.56 Å². The number of hydrogen-bond donors (Lipinski definition) is 1. The molecule has 5 nitrogen and oxygen atoms in total. The third-order valence-electron chi connectivity index (χ3n) is 3.99. The van der Waals surface area contributed by atoms with E-state index in [-0.39, 0.29) is 18.4 Å². The molecule has 0 spiro atoms. The van der Waals surface area contributed by atoms with Crippen molar-refractivity contribution in [3.8, 4) is 17.2 Å². The van der Waals surface area contributed by atoms with Crippen LogP contribution in [0.2, 0.25) is 0 Å². The first-order valence-corrected chi connectivity index (χ1v) is 8.89. The smallest absolute Gasteiger partial charge is 0.225 e. The molecule has 0 aliphatic heterocycles. The van der Waals surface area contributed by atoms with Gasteiger partial charge >= 0.3 is 0 Å². The lowest BCUT2D eigenvalue weighted by Gasteiger charge is -2.18. The lowest BCUT2D eigenvalue weighted by atomic mass is 10.1. The van der Waals surface area contributed by atoms with E-state index >= 15 is 0 Å². The lowest BCUT2D eigenvalue weighted by molar-refractivity contribution is -0.121. The van der Waals surface area contributed by atoms with Gasteiger partial charge in [0.25, 0.3) is 0 Å². The highest BCUT2D eigenvalue weighted by Gasteiger charge is 2.15. The Balaban J connectivity index is 2.07. The average molecular weight is 357 g/mol. The number of rotatable bonds is 9. The van der Waals surface area contributed by atoms with E-state index < -0.39 is 0 Å². The number of carbonyl (C=O) groups excluding carboxylic acids is 1. The zero-order valence-electron chi connectivity index (χ0n) is 15.9. The van der Waals surface area contributed by atoms with Crippen LogP contribution >= 0.6 is 0 Å². The van der Waals surface area contributed by atoms with Crippen LogP contribution in [-0.4, -0.2) is 26.2 Å². The van der Waals surface area contributed by atoms with Crippen LogP contribution in [0.15, 0.2) is 42.5 Å². The van der Waals surface area contributed by atoms with Crippen molar-refractivity contribution >= 4 is 5.91 Å². The monoisotopic (exact) mass is 357 g/mol. The summed E-state index contributed by atoms with van der Waals surface area (Å²) in [5, 5.41) is 3.03. The number of amides is 1. The van der Waals surface area contributed by atoms with Crippen molar-refractivity contribution in [3.63, 3.8) is 0 Å². The predicted octanol–water partition coefficient (Wildman–Crippen LogP) is 3.91. The van der Waals surface area contributed by atoms with Crippen molar-refractivity contribution in [2.24, 2.45) is 0 Å². The second-order valence-corrected chi connectivity index (χ2v) is 5.85. The molecule has 0 saturated carbocycles. The maximum Gasteiger partial charge on any atom is 0.225 e. The van der Waals surface area contributed by atoms with Crippen LogP contribution in [-0.2, 0) is 11.2 Å². The highest BCUT2D eigenvalue weighted by molar-refractivity contribution is 5.79. The number of ether oxygens (including phenoxy) is 3. The zero-order valence-corrected chi connectivity index (χ0v) is 15.9. The van der Waals surface area contributed by atoms with Gasteiger partial charge in [-0.2, -0.15) is 0 Å². The Morgan fingerprint density at radius 1 is 1.00 bits per heavy atom. The minimum Gasteiger partial charge on any atom is -0.496 e. The molecule has 140 valence electrons. The number of nitrogens with one attached hydrogen (secondary N) is 1. The molecular formula is C21H27NO4. The SMILES string of the molecule is CCOc1ccc([C@H](C)NC(=O)Cc2ccccc2OC)cc1OCC. The third-order valence-corrected chi connectivity index (χ3v) is 3.99. The summed E-state index contributed by atoms with van der Waals surface area (Å²) in [5.41, 5.74) is 1.83. The van der Waals surface area contributed by atoms with E-state index in [4.69, 9.17) is 14.2 Å². The van der Waals surface area contributed by atoms with Gasteiger partial charge < -0.3 is 19.5 Å². The maximum atomic E-state index is 12.4. The molecule has 0 aliphatic carbocycles. The van der Waals surface area contributed by atoms with Crippen LogP contribution in [0.4, 0.5) is 0 Å². The zero-order chi connectivity index (χ0) is 18.9. The first-order chi connectivity index (χ1) is 12.6. The predicted molar refractivity (Wildman–Crippen MR) is 102 cm³/mol. The van der Waals surface area contributed by atoms with Gasteiger partial charge in [0.1, 0.15) is 5.75 Å². The second-order valence-electron chi connectivity index (χ2n) is 5.85. The number of hydrogen-bond acceptors (Lipinski definition) is 4. The van der Waals surface area contributed by atoms with Gasteiger partial charge in [-0.3, -0.25) is 4.79 Å². The van der Waals surface area contributed by atoms with E-state index in [1.165, 1.54) is 0 Å². The first-order valence-electron chi connectivity index (χ1n) is 8.89. The fourth-order valence-electron chi connectivity index (χ4n) is 2.73. The number of methoxy groups -OCH3 is 1. The fraction of sp³-hybridized carbons (Fsp3) is 0.381. The molecule has 0 saturated heterocycles. The average Bonchev–Trinajstić information content (AvgIpc) is 2.63. The highest BCUT2D eigenvalue weighted by Crippen LogP contribution is 2.30. The van der Waals surface area contributed by atoms with Gasteiger partial charge in [0.15, 0.2) is 11.5 Å². The molecule has 5 heteroatoms. The van der Waals surface area contributed by atoms with E-state index in [2.05, 4.69) is 5.32 Å². The summed E-state index contributed by atoms with van der Waals surface area (Å²) in [6.07, 6.45) is 0.268. The Morgan fingerprint density at radius 2 is 1.69 bits per heavy atom. The van der Waals surface area contributed by atoms with Crippen LogP contribution < -0.4 is 19.5 Å². The van der Waals surface area contributed by atoms with Crippen molar-refractivity contribution in [1.29, 1.82) is 0 Å². The Labute approximate surface area is 155 Å². The molecule has 0 bridgehead atoms. The number of benzene rings is 2. The van der Waals surface area contributed by atoms with Crippen LogP contribution in [0.1, 0.15) is 37.9 Å². The van der Waals surface area contributed by atoms with E-state index in [1.54, 1.807) is 7.11 Å². The summed E-state index contributed by atoms with van der Waals surface area (Å²) in [6.45, 7) is 6.94. The molecule has 0 heterocycles. The molecule has 0 aromatic heterocycles. The van der Waals surface area contributed by atoms with Gasteiger partial charge in [-0.1, -0.05) is 24.3 Å². The minimum absolute atomic E-state index is 0.0613. The molecule has 0 fully saturated rings. The Bertz CT molecular complexity index is 730. The molecule has 2 aromatic carbocycles. The van der Waals surface area contributed by atoms with Gasteiger partial charge in [-0.15, -0.1) is 0 Å². The molecule has 1 N–H and O–H groups in total. The molecule has 0 radical (unpaired) electrons. The summed E-state index contributed by atoms with van der Waals surface area (Å²) in [6, 6.07) is 13.1.